The van der Waals surface area contributed by atoms with E-state index in [0.29, 0.717) is 55.5 Å². The van der Waals surface area contributed by atoms with E-state index in [1.165, 1.54) is 12.0 Å². The molecule has 0 saturated carbocycles. The van der Waals surface area contributed by atoms with Crippen molar-refractivity contribution in [3.63, 3.8) is 0 Å². The zero-order chi connectivity index (χ0) is 18.7. The molecule has 3 rings (SSSR count). The van der Waals surface area contributed by atoms with Gasteiger partial charge in [-0.25, -0.2) is 0 Å². The molecule has 6 nitrogen and oxygen atoms in total. The highest BCUT2D eigenvalue weighted by Gasteiger charge is 2.32. The topological polar surface area (TPSA) is 51.2 Å². The van der Waals surface area contributed by atoms with Crippen LogP contribution in [0.15, 0.2) is 12.1 Å². The molecule has 2 heterocycles. The number of carbonyl (C=O) groups is 1. The van der Waals surface area contributed by atoms with E-state index in [9.17, 15) is 18.0 Å². The van der Waals surface area contributed by atoms with Crippen molar-refractivity contribution in [2.24, 2.45) is 0 Å². The lowest BCUT2D eigenvalue weighted by atomic mass is 10.1. The highest BCUT2D eigenvalue weighted by Crippen LogP contribution is 2.40. The van der Waals surface area contributed by atoms with Crippen LogP contribution in [0.2, 0.25) is 0 Å². The molecule has 0 aliphatic carbocycles. The Morgan fingerprint density at radius 3 is 2.65 bits per heavy atom. The predicted octanol–water partition coefficient (Wildman–Crippen LogP) is 2.18. The van der Waals surface area contributed by atoms with Gasteiger partial charge in [0.1, 0.15) is 13.2 Å². The Bertz CT molecular complexity index is 649. The van der Waals surface area contributed by atoms with E-state index in [-0.39, 0.29) is 19.0 Å². The largest absolute Gasteiger partial charge is 0.493 e. The van der Waals surface area contributed by atoms with Crippen LogP contribution in [0, 0.1) is 0 Å². The summed E-state index contributed by atoms with van der Waals surface area (Å²) in [5, 5.41) is 0. The normalized spacial score (nSPS) is 18.4. The van der Waals surface area contributed by atoms with E-state index in [2.05, 4.69) is 0 Å². The van der Waals surface area contributed by atoms with Crippen LogP contribution in [0.25, 0.3) is 0 Å². The van der Waals surface area contributed by atoms with Crippen molar-refractivity contribution in [2.45, 2.75) is 12.6 Å². The summed E-state index contributed by atoms with van der Waals surface area (Å²) in [6.07, 6.45) is -3.74. The fraction of sp³-hybridized carbons (Fsp3) is 0.588. The minimum absolute atomic E-state index is 0.187. The summed E-state index contributed by atoms with van der Waals surface area (Å²) in [6, 6.07) is 3.17. The molecule has 144 valence electrons. The molecule has 9 heteroatoms. The van der Waals surface area contributed by atoms with Crippen LogP contribution >= 0.6 is 0 Å². The van der Waals surface area contributed by atoms with Crippen LogP contribution in [0.4, 0.5) is 13.2 Å². The number of carbonyl (C=O) groups excluding carboxylic acids is 1. The summed E-state index contributed by atoms with van der Waals surface area (Å²) in [5.41, 5.74) is 0.371. The number of alkyl halides is 3. The third kappa shape index (κ3) is 4.32. The molecule has 2 aliphatic rings. The number of hydrogen-bond acceptors (Lipinski definition) is 5. The summed E-state index contributed by atoms with van der Waals surface area (Å²) in [5.74, 6) is 1.04. The van der Waals surface area contributed by atoms with E-state index in [1.807, 2.05) is 0 Å². The third-order valence-electron chi connectivity index (χ3n) is 4.35. The summed E-state index contributed by atoms with van der Waals surface area (Å²) in [4.78, 5) is 15.7. The Labute approximate surface area is 149 Å². The number of rotatable bonds is 3. The highest BCUT2D eigenvalue weighted by atomic mass is 19.4. The molecule has 1 amide bonds. The summed E-state index contributed by atoms with van der Waals surface area (Å²) >= 11 is 0. The van der Waals surface area contributed by atoms with Crippen molar-refractivity contribution < 1.29 is 32.2 Å². The Morgan fingerprint density at radius 2 is 1.92 bits per heavy atom. The maximum absolute atomic E-state index is 12.8. The number of fused-ring (bicyclic) bond motifs is 1. The summed E-state index contributed by atoms with van der Waals surface area (Å²) in [7, 11) is 1.47. The van der Waals surface area contributed by atoms with Crippen LogP contribution in [-0.2, 0) is 0 Å². The standard InChI is InChI=1S/C17H21F3N2O4/c1-24-13-9-12(10-14-15(13)26-8-7-25-14)16(23)22-4-2-3-21(5-6-22)11-17(18,19)20/h9-10H,2-8,11H2,1H3. The number of ether oxygens (including phenoxy) is 3. The van der Waals surface area contributed by atoms with E-state index in [1.54, 1.807) is 17.0 Å². The molecule has 0 atom stereocenters. The van der Waals surface area contributed by atoms with Gasteiger partial charge in [0.2, 0.25) is 5.75 Å². The SMILES string of the molecule is COc1cc(C(=O)N2CCCN(CC(F)(F)F)CC2)cc2c1OCCO2. The van der Waals surface area contributed by atoms with E-state index in [4.69, 9.17) is 14.2 Å². The van der Waals surface area contributed by atoms with Crippen molar-refractivity contribution in [1.29, 1.82) is 0 Å². The number of halogens is 3. The first-order chi connectivity index (χ1) is 12.4. The number of methoxy groups -OCH3 is 1. The zero-order valence-electron chi connectivity index (χ0n) is 14.5. The molecule has 1 saturated heterocycles. The first kappa shape index (κ1) is 18.6. The fourth-order valence-corrected chi connectivity index (χ4v) is 3.16. The van der Waals surface area contributed by atoms with Gasteiger partial charge in [-0.1, -0.05) is 0 Å². The monoisotopic (exact) mass is 374 g/mol. The molecule has 0 N–H and O–H groups in total. The van der Waals surface area contributed by atoms with Gasteiger partial charge >= 0.3 is 6.18 Å². The molecular formula is C17H21F3N2O4. The number of amides is 1. The predicted molar refractivity (Wildman–Crippen MR) is 87.0 cm³/mol. The van der Waals surface area contributed by atoms with E-state index >= 15 is 0 Å². The van der Waals surface area contributed by atoms with E-state index in [0.717, 1.165) is 0 Å². The second kappa shape index (κ2) is 7.61. The first-order valence-corrected chi connectivity index (χ1v) is 8.43. The molecule has 0 radical (unpaired) electrons. The van der Waals surface area contributed by atoms with Gasteiger partial charge in [0.25, 0.3) is 5.91 Å². The van der Waals surface area contributed by atoms with Gasteiger partial charge in [0.15, 0.2) is 11.5 Å². The highest BCUT2D eigenvalue weighted by molar-refractivity contribution is 5.95. The maximum Gasteiger partial charge on any atom is 0.401 e. The molecule has 1 fully saturated rings. The summed E-state index contributed by atoms with van der Waals surface area (Å²) < 4.78 is 54.1. The van der Waals surface area contributed by atoms with Gasteiger partial charge in [-0.2, -0.15) is 13.2 Å². The fourth-order valence-electron chi connectivity index (χ4n) is 3.16. The van der Waals surface area contributed by atoms with Gasteiger partial charge < -0.3 is 19.1 Å². The summed E-state index contributed by atoms with van der Waals surface area (Å²) in [6.45, 7) is 0.977. The maximum atomic E-state index is 12.8. The minimum Gasteiger partial charge on any atom is -0.493 e. The minimum atomic E-state index is -4.23. The molecule has 0 aromatic heterocycles. The second-order valence-electron chi connectivity index (χ2n) is 6.24. The molecule has 26 heavy (non-hydrogen) atoms. The van der Waals surface area contributed by atoms with E-state index < -0.39 is 12.7 Å². The smallest absolute Gasteiger partial charge is 0.401 e. The lowest BCUT2D eigenvalue weighted by Crippen LogP contribution is -2.38. The molecule has 1 aromatic rings. The van der Waals surface area contributed by atoms with Crippen LogP contribution in [0.3, 0.4) is 0 Å². The van der Waals surface area contributed by atoms with Crippen molar-refractivity contribution in [1.82, 2.24) is 9.80 Å². The molecule has 0 unspecified atom stereocenters. The molecular weight excluding hydrogens is 353 g/mol. The Hall–Kier alpha value is -2.16. The number of benzene rings is 1. The lowest BCUT2D eigenvalue weighted by Gasteiger charge is -2.24. The van der Waals surface area contributed by atoms with Gasteiger partial charge in [0, 0.05) is 31.7 Å². The first-order valence-electron chi connectivity index (χ1n) is 8.43. The van der Waals surface area contributed by atoms with Crippen molar-refractivity contribution in [3.8, 4) is 17.2 Å². The zero-order valence-corrected chi connectivity index (χ0v) is 14.5. The van der Waals surface area contributed by atoms with Gasteiger partial charge in [0.05, 0.1) is 13.7 Å². The van der Waals surface area contributed by atoms with Crippen LogP contribution in [0.5, 0.6) is 17.2 Å². The van der Waals surface area contributed by atoms with Crippen molar-refractivity contribution >= 4 is 5.91 Å². The van der Waals surface area contributed by atoms with Gasteiger partial charge in [-0.05, 0) is 18.6 Å². The quantitative estimate of drug-likeness (QED) is 0.812. The number of hydrogen-bond donors (Lipinski definition) is 0. The van der Waals surface area contributed by atoms with Crippen molar-refractivity contribution in [3.05, 3.63) is 17.7 Å². The van der Waals surface area contributed by atoms with Crippen LogP contribution < -0.4 is 14.2 Å². The van der Waals surface area contributed by atoms with Crippen molar-refractivity contribution in [2.75, 3.05) is 53.0 Å². The Kier molecular flexibility index (Phi) is 5.45. The molecule has 2 aliphatic heterocycles. The van der Waals surface area contributed by atoms with Crippen LogP contribution in [-0.4, -0.2) is 74.9 Å². The number of nitrogens with zero attached hydrogens (tertiary/aromatic N) is 2. The van der Waals surface area contributed by atoms with Gasteiger partial charge in [-0.3, -0.25) is 9.69 Å². The Balaban J connectivity index is 1.73. The lowest BCUT2D eigenvalue weighted by molar-refractivity contribution is -0.145. The third-order valence-corrected chi connectivity index (χ3v) is 4.35. The molecule has 0 spiro atoms. The molecule has 0 bridgehead atoms. The average molecular weight is 374 g/mol. The molecule has 1 aromatic carbocycles. The van der Waals surface area contributed by atoms with Crippen LogP contribution in [0.1, 0.15) is 16.8 Å². The Morgan fingerprint density at radius 1 is 1.15 bits per heavy atom. The average Bonchev–Trinajstić information content (AvgIpc) is 2.84. The van der Waals surface area contributed by atoms with Gasteiger partial charge in [-0.15, -0.1) is 0 Å². The second-order valence-corrected chi connectivity index (χ2v) is 6.24.